The zero-order valence-electron chi connectivity index (χ0n) is 14.3. The molecule has 1 heterocycles. The number of alkyl halides is 2. The molecule has 3 nitrogen and oxygen atoms in total. The first kappa shape index (κ1) is 17.7. The smallest absolute Gasteiger partial charge is 0.387 e. The van der Waals surface area contributed by atoms with Gasteiger partial charge in [0.1, 0.15) is 5.75 Å². The minimum absolute atomic E-state index is 0.149. The van der Waals surface area contributed by atoms with Crippen molar-refractivity contribution < 1.29 is 13.5 Å². The van der Waals surface area contributed by atoms with Gasteiger partial charge in [-0.2, -0.15) is 8.78 Å². The summed E-state index contributed by atoms with van der Waals surface area (Å²) in [4.78, 5) is 8.75. The van der Waals surface area contributed by atoms with Crippen molar-refractivity contribution in [3.63, 3.8) is 0 Å². The van der Waals surface area contributed by atoms with Crippen LogP contribution in [0.4, 0.5) is 8.78 Å². The highest BCUT2D eigenvalue weighted by Crippen LogP contribution is 2.19. The zero-order valence-corrected chi connectivity index (χ0v) is 14.3. The summed E-state index contributed by atoms with van der Waals surface area (Å²) < 4.78 is 28.6. The highest BCUT2D eigenvalue weighted by Gasteiger charge is 2.03. The van der Waals surface area contributed by atoms with Crippen molar-refractivity contribution in [2.75, 3.05) is 0 Å². The van der Waals surface area contributed by atoms with Gasteiger partial charge in [0.25, 0.3) is 0 Å². The molecule has 26 heavy (non-hydrogen) atoms. The van der Waals surface area contributed by atoms with E-state index in [-0.39, 0.29) is 5.75 Å². The number of benzene rings is 2. The van der Waals surface area contributed by atoms with Crippen molar-refractivity contribution in [3.8, 4) is 17.1 Å². The summed E-state index contributed by atoms with van der Waals surface area (Å²) in [5.41, 5.74) is 3.98. The Morgan fingerprint density at radius 3 is 1.92 bits per heavy atom. The third-order valence-electron chi connectivity index (χ3n) is 3.86. The molecule has 0 saturated carbocycles. The normalized spacial score (nSPS) is 11.2. The van der Waals surface area contributed by atoms with Crippen LogP contribution in [-0.4, -0.2) is 16.6 Å². The summed E-state index contributed by atoms with van der Waals surface area (Å²) in [7, 11) is 0. The standard InChI is InChI=1S/C21H18F2N2O/c1-2-15-13-24-20(25-14-15)18-9-5-16(6-10-18)3-4-17-7-11-19(12-8-17)26-21(22)23/h3-14,21H,2H2,1H3. The lowest BCUT2D eigenvalue weighted by atomic mass is 10.1. The number of aromatic nitrogens is 2. The van der Waals surface area contributed by atoms with Gasteiger partial charge >= 0.3 is 6.61 Å². The van der Waals surface area contributed by atoms with Gasteiger partial charge in [0, 0.05) is 18.0 Å². The first-order valence-electron chi connectivity index (χ1n) is 8.28. The molecule has 2 aromatic carbocycles. The number of nitrogens with zero attached hydrogens (tertiary/aromatic N) is 2. The maximum Gasteiger partial charge on any atom is 0.387 e. The second-order valence-electron chi connectivity index (χ2n) is 5.67. The minimum atomic E-state index is -2.81. The van der Waals surface area contributed by atoms with Crippen LogP contribution >= 0.6 is 0 Å². The highest BCUT2D eigenvalue weighted by molar-refractivity contribution is 5.71. The first-order chi connectivity index (χ1) is 12.6. The lowest BCUT2D eigenvalue weighted by molar-refractivity contribution is -0.0498. The van der Waals surface area contributed by atoms with E-state index in [1.54, 1.807) is 12.1 Å². The number of aryl methyl sites for hydroxylation is 1. The van der Waals surface area contributed by atoms with Gasteiger partial charge in [-0.15, -0.1) is 0 Å². The molecule has 0 radical (unpaired) electrons. The lowest BCUT2D eigenvalue weighted by Gasteiger charge is -2.04. The fourth-order valence-corrected chi connectivity index (χ4v) is 2.38. The van der Waals surface area contributed by atoms with Gasteiger partial charge in [0.05, 0.1) is 0 Å². The Morgan fingerprint density at radius 1 is 0.885 bits per heavy atom. The van der Waals surface area contributed by atoms with E-state index in [4.69, 9.17) is 0 Å². The van der Waals surface area contributed by atoms with Crippen molar-refractivity contribution in [2.45, 2.75) is 20.0 Å². The molecule has 0 spiro atoms. The zero-order chi connectivity index (χ0) is 18.4. The molecule has 0 aliphatic carbocycles. The molecule has 3 aromatic rings. The largest absolute Gasteiger partial charge is 0.435 e. The quantitative estimate of drug-likeness (QED) is 0.551. The number of hydrogen-bond acceptors (Lipinski definition) is 3. The molecule has 5 heteroatoms. The van der Waals surface area contributed by atoms with E-state index in [0.717, 1.165) is 28.7 Å². The Kier molecular flexibility index (Phi) is 5.69. The molecule has 0 unspecified atom stereocenters. The van der Waals surface area contributed by atoms with Crippen LogP contribution in [0.2, 0.25) is 0 Å². The molecule has 0 aliphatic rings. The Balaban J connectivity index is 1.67. The molecule has 1 aromatic heterocycles. The van der Waals surface area contributed by atoms with Gasteiger partial charge in [0.15, 0.2) is 5.82 Å². The molecule has 0 fully saturated rings. The predicted octanol–water partition coefficient (Wildman–Crippen LogP) is 5.48. The molecule has 0 bridgehead atoms. The lowest BCUT2D eigenvalue weighted by Crippen LogP contribution is -2.01. The number of rotatable bonds is 6. The average molecular weight is 352 g/mol. The summed E-state index contributed by atoms with van der Waals surface area (Å²) in [6.45, 7) is -0.740. The van der Waals surface area contributed by atoms with E-state index in [0.29, 0.717) is 5.82 Å². The minimum Gasteiger partial charge on any atom is -0.435 e. The Morgan fingerprint density at radius 2 is 1.42 bits per heavy atom. The van der Waals surface area contributed by atoms with Crippen LogP contribution in [0.25, 0.3) is 23.5 Å². The second kappa shape index (κ2) is 8.34. The number of halogens is 2. The molecule has 0 atom stereocenters. The summed E-state index contributed by atoms with van der Waals surface area (Å²) in [5, 5.41) is 0. The molecular weight excluding hydrogens is 334 g/mol. The summed E-state index contributed by atoms with van der Waals surface area (Å²) in [5.74, 6) is 0.850. The third kappa shape index (κ3) is 4.72. The molecule has 3 rings (SSSR count). The maximum absolute atomic E-state index is 12.1. The van der Waals surface area contributed by atoms with Gasteiger partial charge < -0.3 is 4.74 Å². The monoisotopic (exact) mass is 352 g/mol. The topological polar surface area (TPSA) is 35.0 Å². The average Bonchev–Trinajstić information content (AvgIpc) is 2.67. The maximum atomic E-state index is 12.1. The molecular formula is C21H18F2N2O. The summed E-state index contributed by atoms with van der Waals surface area (Å²) in [6, 6.07) is 14.4. The van der Waals surface area contributed by atoms with Crippen molar-refractivity contribution in [2.24, 2.45) is 0 Å². The van der Waals surface area contributed by atoms with Crippen molar-refractivity contribution >= 4 is 12.2 Å². The van der Waals surface area contributed by atoms with Crippen molar-refractivity contribution in [1.29, 1.82) is 0 Å². The van der Waals surface area contributed by atoms with E-state index in [1.165, 1.54) is 12.1 Å². The van der Waals surface area contributed by atoms with E-state index in [9.17, 15) is 8.78 Å². The van der Waals surface area contributed by atoms with Crippen LogP contribution in [0.1, 0.15) is 23.6 Å². The van der Waals surface area contributed by atoms with Gasteiger partial charge in [-0.1, -0.05) is 55.5 Å². The first-order valence-corrected chi connectivity index (χ1v) is 8.28. The molecule has 0 aliphatic heterocycles. The van der Waals surface area contributed by atoms with Crippen LogP contribution < -0.4 is 4.74 Å². The van der Waals surface area contributed by atoms with Gasteiger partial charge in [0.2, 0.25) is 0 Å². The van der Waals surface area contributed by atoms with E-state index in [1.807, 2.05) is 48.8 Å². The Hall–Kier alpha value is -3.08. The van der Waals surface area contributed by atoms with E-state index < -0.39 is 6.61 Å². The summed E-state index contributed by atoms with van der Waals surface area (Å²) in [6.07, 6.45) is 8.47. The Bertz CT molecular complexity index is 858. The number of hydrogen-bond donors (Lipinski definition) is 0. The van der Waals surface area contributed by atoms with E-state index >= 15 is 0 Å². The molecule has 132 valence electrons. The van der Waals surface area contributed by atoms with Crippen LogP contribution in [0.3, 0.4) is 0 Å². The fraction of sp³-hybridized carbons (Fsp3) is 0.143. The van der Waals surface area contributed by atoms with Crippen LogP contribution in [0, 0.1) is 0 Å². The van der Waals surface area contributed by atoms with E-state index in [2.05, 4.69) is 21.6 Å². The highest BCUT2D eigenvalue weighted by atomic mass is 19.3. The Labute approximate surface area is 151 Å². The molecule has 0 N–H and O–H groups in total. The van der Waals surface area contributed by atoms with Crippen LogP contribution in [0.15, 0.2) is 60.9 Å². The predicted molar refractivity (Wildman–Crippen MR) is 98.8 cm³/mol. The van der Waals surface area contributed by atoms with Crippen molar-refractivity contribution in [3.05, 3.63) is 77.6 Å². The van der Waals surface area contributed by atoms with Crippen LogP contribution in [0.5, 0.6) is 5.75 Å². The second-order valence-corrected chi connectivity index (χ2v) is 5.67. The third-order valence-corrected chi connectivity index (χ3v) is 3.86. The fourth-order valence-electron chi connectivity index (χ4n) is 2.38. The van der Waals surface area contributed by atoms with Crippen molar-refractivity contribution in [1.82, 2.24) is 9.97 Å². The SMILES string of the molecule is CCc1cnc(-c2ccc(C=Cc3ccc(OC(F)F)cc3)cc2)nc1. The van der Waals surface area contributed by atoms with Crippen LogP contribution in [-0.2, 0) is 6.42 Å². The molecule has 0 saturated heterocycles. The van der Waals surface area contributed by atoms with Gasteiger partial charge in [-0.05, 0) is 35.2 Å². The number of ether oxygens (including phenoxy) is 1. The summed E-state index contributed by atoms with van der Waals surface area (Å²) >= 11 is 0. The molecule has 0 amide bonds. The van der Waals surface area contributed by atoms with Gasteiger partial charge in [-0.25, -0.2) is 9.97 Å². The van der Waals surface area contributed by atoms with Gasteiger partial charge in [-0.3, -0.25) is 0 Å².